The third kappa shape index (κ3) is 4.67. The maximum Gasteiger partial charge on any atom is 0.387 e. The van der Waals surface area contributed by atoms with Gasteiger partial charge in [0.25, 0.3) is 0 Å². The second-order valence-electron chi connectivity index (χ2n) is 4.95. The number of ether oxygens (including phenoxy) is 2. The average Bonchev–Trinajstić information content (AvgIpc) is 2.57. The van der Waals surface area contributed by atoms with Crippen molar-refractivity contribution in [3.8, 4) is 17.6 Å². The van der Waals surface area contributed by atoms with Gasteiger partial charge >= 0.3 is 6.61 Å². The minimum atomic E-state index is -2.93. The van der Waals surface area contributed by atoms with Crippen molar-refractivity contribution in [3.05, 3.63) is 35.2 Å². The summed E-state index contributed by atoms with van der Waals surface area (Å²) >= 11 is 0. The lowest BCUT2D eigenvalue weighted by Crippen LogP contribution is -2.09. The molecule has 3 N–H and O–H groups in total. The van der Waals surface area contributed by atoms with Crippen molar-refractivity contribution in [3.63, 3.8) is 0 Å². The molecule has 2 aromatic rings. The van der Waals surface area contributed by atoms with Gasteiger partial charge in [0.1, 0.15) is 11.9 Å². The lowest BCUT2D eigenvalue weighted by atomic mass is 10.2. The van der Waals surface area contributed by atoms with Crippen molar-refractivity contribution in [2.45, 2.75) is 27.0 Å². The van der Waals surface area contributed by atoms with Crippen molar-refractivity contribution in [1.82, 2.24) is 9.97 Å². The summed E-state index contributed by atoms with van der Waals surface area (Å²) in [6.07, 6.45) is 0. The number of alkyl halides is 2. The van der Waals surface area contributed by atoms with Crippen LogP contribution in [0.25, 0.3) is 0 Å². The third-order valence-corrected chi connectivity index (χ3v) is 3.19. The topological polar surface area (TPSA) is 106 Å². The largest absolute Gasteiger partial charge is 0.490 e. The summed E-state index contributed by atoms with van der Waals surface area (Å²) in [6, 6.07) is 6.51. The molecule has 9 heteroatoms. The summed E-state index contributed by atoms with van der Waals surface area (Å²) in [5, 5.41) is 11.9. The maximum absolute atomic E-state index is 12.4. The zero-order valence-electron chi connectivity index (χ0n) is 13.7. The van der Waals surface area contributed by atoms with Crippen molar-refractivity contribution < 1.29 is 18.3 Å². The number of nitrogens with one attached hydrogen (secondary N) is 1. The molecule has 0 fully saturated rings. The van der Waals surface area contributed by atoms with Gasteiger partial charge in [0, 0.05) is 6.54 Å². The van der Waals surface area contributed by atoms with Crippen LogP contribution >= 0.6 is 0 Å². The molecular formula is C16H17F2N5O2. The Balaban J connectivity index is 2.17. The summed E-state index contributed by atoms with van der Waals surface area (Å²) in [5.74, 6) is 0.664. The molecule has 0 spiro atoms. The van der Waals surface area contributed by atoms with E-state index in [9.17, 15) is 8.78 Å². The first-order valence-electron chi connectivity index (χ1n) is 7.43. The van der Waals surface area contributed by atoms with E-state index in [0.717, 1.165) is 5.56 Å². The van der Waals surface area contributed by atoms with Crippen LogP contribution in [-0.2, 0) is 6.54 Å². The van der Waals surface area contributed by atoms with E-state index in [4.69, 9.17) is 15.7 Å². The lowest BCUT2D eigenvalue weighted by Gasteiger charge is -2.14. The van der Waals surface area contributed by atoms with Gasteiger partial charge in [0.2, 0.25) is 0 Å². The van der Waals surface area contributed by atoms with Crippen LogP contribution in [0.3, 0.4) is 0 Å². The normalized spacial score (nSPS) is 10.4. The first kappa shape index (κ1) is 18.2. The molecule has 7 nitrogen and oxygen atoms in total. The number of nitrogens with zero attached hydrogens (tertiary/aromatic N) is 3. The quantitative estimate of drug-likeness (QED) is 0.791. The van der Waals surface area contributed by atoms with Gasteiger partial charge < -0.3 is 20.5 Å². The lowest BCUT2D eigenvalue weighted by molar-refractivity contribution is -0.0514. The molecule has 0 radical (unpaired) electrons. The van der Waals surface area contributed by atoms with Crippen LogP contribution in [0.5, 0.6) is 11.5 Å². The SMILES string of the molecule is CCOc1cc(CNc2nc(N)c(C#N)nc2C)ccc1OC(F)F. The Morgan fingerprint density at radius 3 is 2.72 bits per heavy atom. The summed E-state index contributed by atoms with van der Waals surface area (Å²) in [4.78, 5) is 8.16. The van der Waals surface area contributed by atoms with Crippen LogP contribution in [0, 0.1) is 18.3 Å². The Morgan fingerprint density at radius 2 is 2.08 bits per heavy atom. The van der Waals surface area contributed by atoms with E-state index in [1.807, 2.05) is 6.07 Å². The second kappa shape index (κ2) is 8.10. The number of aromatic nitrogens is 2. The molecule has 0 aliphatic heterocycles. The van der Waals surface area contributed by atoms with Crippen molar-refractivity contribution >= 4 is 11.6 Å². The van der Waals surface area contributed by atoms with E-state index in [-0.39, 0.29) is 23.0 Å². The standard InChI is InChI=1S/C16H17F2N5O2/c1-3-24-13-6-10(4-5-12(13)25-16(17)18)8-21-15-9(2)22-11(7-19)14(20)23-15/h4-6,16H,3,8H2,1-2H3,(H3,20,21,23). The van der Waals surface area contributed by atoms with Crippen LogP contribution in [0.15, 0.2) is 18.2 Å². The van der Waals surface area contributed by atoms with Crippen LogP contribution < -0.4 is 20.5 Å². The molecule has 25 heavy (non-hydrogen) atoms. The van der Waals surface area contributed by atoms with Gasteiger partial charge in [-0.05, 0) is 31.5 Å². The van der Waals surface area contributed by atoms with Crippen LogP contribution in [0.4, 0.5) is 20.4 Å². The highest BCUT2D eigenvalue weighted by atomic mass is 19.3. The van der Waals surface area contributed by atoms with Gasteiger partial charge in [-0.2, -0.15) is 14.0 Å². The Labute approximate surface area is 143 Å². The molecule has 0 bridgehead atoms. The number of benzene rings is 1. The molecule has 0 aliphatic carbocycles. The van der Waals surface area contributed by atoms with Gasteiger partial charge in [-0.3, -0.25) is 0 Å². The molecule has 0 saturated heterocycles. The molecule has 1 aromatic heterocycles. The van der Waals surface area contributed by atoms with E-state index < -0.39 is 6.61 Å². The van der Waals surface area contributed by atoms with Gasteiger partial charge in [-0.15, -0.1) is 0 Å². The van der Waals surface area contributed by atoms with Crippen LogP contribution in [0.1, 0.15) is 23.9 Å². The molecule has 0 saturated carbocycles. The number of halogens is 2. The highest BCUT2D eigenvalue weighted by Crippen LogP contribution is 2.30. The van der Waals surface area contributed by atoms with E-state index in [0.29, 0.717) is 24.7 Å². The number of rotatable bonds is 7. The van der Waals surface area contributed by atoms with Gasteiger partial charge in [-0.1, -0.05) is 6.07 Å². The molecule has 0 amide bonds. The number of hydrogen-bond acceptors (Lipinski definition) is 7. The fourth-order valence-electron chi connectivity index (χ4n) is 2.09. The van der Waals surface area contributed by atoms with Gasteiger partial charge in [-0.25, -0.2) is 9.97 Å². The van der Waals surface area contributed by atoms with Crippen molar-refractivity contribution in [2.75, 3.05) is 17.7 Å². The number of nitrogen functional groups attached to an aromatic ring is 1. The minimum absolute atomic E-state index is 0.0285. The summed E-state index contributed by atoms with van der Waals surface area (Å²) in [5.41, 5.74) is 7.00. The van der Waals surface area contributed by atoms with Crippen molar-refractivity contribution in [2.24, 2.45) is 0 Å². The number of nitriles is 1. The van der Waals surface area contributed by atoms with E-state index in [2.05, 4.69) is 20.0 Å². The third-order valence-electron chi connectivity index (χ3n) is 3.19. The fraction of sp³-hybridized carbons (Fsp3) is 0.312. The number of hydrogen-bond donors (Lipinski definition) is 2. The van der Waals surface area contributed by atoms with Crippen LogP contribution in [0.2, 0.25) is 0 Å². The molecular weight excluding hydrogens is 332 g/mol. The first-order valence-corrected chi connectivity index (χ1v) is 7.43. The smallest absolute Gasteiger partial charge is 0.387 e. The molecule has 0 unspecified atom stereocenters. The summed E-state index contributed by atoms with van der Waals surface area (Å²) < 4.78 is 34.6. The van der Waals surface area contributed by atoms with E-state index >= 15 is 0 Å². The Kier molecular flexibility index (Phi) is 5.89. The molecule has 0 atom stereocenters. The summed E-state index contributed by atoms with van der Waals surface area (Å²) in [7, 11) is 0. The predicted octanol–water partition coefficient (Wildman–Crippen LogP) is 2.85. The van der Waals surface area contributed by atoms with Crippen molar-refractivity contribution in [1.29, 1.82) is 5.26 Å². The monoisotopic (exact) mass is 349 g/mol. The maximum atomic E-state index is 12.4. The minimum Gasteiger partial charge on any atom is -0.490 e. The predicted molar refractivity (Wildman–Crippen MR) is 87.5 cm³/mol. The van der Waals surface area contributed by atoms with E-state index in [1.54, 1.807) is 26.0 Å². The second-order valence-corrected chi connectivity index (χ2v) is 4.95. The number of nitrogens with two attached hydrogens (primary N) is 1. The van der Waals surface area contributed by atoms with E-state index in [1.165, 1.54) is 6.07 Å². The molecule has 1 heterocycles. The molecule has 1 aromatic carbocycles. The zero-order valence-corrected chi connectivity index (χ0v) is 13.7. The molecule has 2 rings (SSSR count). The Morgan fingerprint density at radius 1 is 1.32 bits per heavy atom. The van der Waals surface area contributed by atoms with Gasteiger partial charge in [0.15, 0.2) is 23.0 Å². The zero-order chi connectivity index (χ0) is 18.4. The average molecular weight is 349 g/mol. The first-order chi connectivity index (χ1) is 11.9. The van der Waals surface area contributed by atoms with Crippen LogP contribution in [-0.4, -0.2) is 23.2 Å². The Hall–Kier alpha value is -3.15. The van der Waals surface area contributed by atoms with Gasteiger partial charge in [0.05, 0.1) is 12.3 Å². The summed E-state index contributed by atoms with van der Waals surface area (Å²) in [6.45, 7) is 1.15. The molecule has 132 valence electrons. The highest BCUT2D eigenvalue weighted by molar-refractivity contribution is 5.52. The number of aryl methyl sites for hydroxylation is 1. The number of anilines is 2. The highest BCUT2D eigenvalue weighted by Gasteiger charge is 2.12. The molecule has 0 aliphatic rings. The Bertz CT molecular complexity index is 793. The fourth-order valence-corrected chi connectivity index (χ4v) is 2.09.